The fourth-order valence-electron chi connectivity index (χ4n) is 4.18. The first kappa shape index (κ1) is 20.5. The van der Waals surface area contributed by atoms with Crippen molar-refractivity contribution in [3.8, 4) is 16.9 Å². The molecular weight excluding hydrogens is 412 g/mol. The van der Waals surface area contributed by atoms with Gasteiger partial charge in [0.1, 0.15) is 5.75 Å². The highest BCUT2D eigenvalue weighted by Crippen LogP contribution is 2.39. The van der Waals surface area contributed by atoms with E-state index in [1.165, 1.54) is 7.11 Å². The predicted octanol–water partition coefficient (Wildman–Crippen LogP) is 5.77. The molecular formula is C28H22N2O3. The maximum absolute atomic E-state index is 13.4. The Labute approximate surface area is 192 Å². The zero-order valence-electron chi connectivity index (χ0n) is 18.1. The Morgan fingerprint density at radius 2 is 1.45 bits per heavy atom. The fraction of sp³-hybridized carbons (Fsp3) is 0.0714. The van der Waals surface area contributed by atoms with E-state index in [9.17, 15) is 9.59 Å². The standard InChI is InChI=1S/C28H22N2O3/c1-33-26-13-7-5-11-24(26)27(31)29-21-16-14-19(15-17-21)28(32)30-18-20-8-2-3-9-22(20)23-10-4-6-12-25(23)30/h2-17H,18H2,1H3,(H,29,31). The summed E-state index contributed by atoms with van der Waals surface area (Å²) >= 11 is 0. The van der Waals surface area contributed by atoms with Gasteiger partial charge >= 0.3 is 0 Å². The second-order valence-electron chi connectivity index (χ2n) is 7.80. The number of nitrogens with zero attached hydrogens (tertiary/aromatic N) is 1. The van der Waals surface area contributed by atoms with Gasteiger partial charge in [-0.3, -0.25) is 9.59 Å². The van der Waals surface area contributed by atoms with E-state index < -0.39 is 0 Å². The SMILES string of the molecule is COc1ccccc1C(=O)Nc1ccc(C(=O)N2Cc3ccccc3-c3ccccc32)cc1. The lowest BCUT2D eigenvalue weighted by Crippen LogP contribution is -2.33. The molecule has 5 heteroatoms. The number of fused-ring (bicyclic) bond motifs is 3. The Morgan fingerprint density at radius 1 is 0.788 bits per heavy atom. The van der Waals surface area contributed by atoms with Crippen molar-refractivity contribution in [1.82, 2.24) is 0 Å². The van der Waals surface area contributed by atoms with Crippen molar-refractivity contribution in [2.45, 2.75) is 6.54 Å². The van der Waals surface area contributed by atoms with Crippen molar-refractivity contribution < 1.29 is 14.3 Å². The van der Waals surface area contributed by atoms with Gasteiger partial charge in [-0.15, -0.1) is 0 Å². The topological polar surface area (TPSA) is 58.6 Å². The third-order valence-corrected chi connectivity index (χ3v) is 5.82. The van der Waals surface area contributed by atoms with E-state index in [2.05, 4.69) is 17.4 Å². The maximum Gasteiger partial charge on any atom is 0.259 e. The van der Waals surface area contributed by atoms with Gasteiger partial charge in [0.25, 0.3) is 11.8 Å². The van der Waals surface area contributed by atoms with Crippen LogP contribution in [0.25, 0.3) is 11.1 Å². The van der Waals surface area contributed by atoms with Crippen LogP contribution in [0.2, 0.25) is 0 Å². The minimum absolute atomic E-state index is 0.0837. The zero-order valence-corrected chi connectivity index (χ0v) is 18.1. The first-order valence-electron chi connectivity index (χ1n) is 10.7. The summed E-state index contributed by atoms with van der Waals surface area (Å²) in [7, 11) is 1.53. The van der Waals surface area contributed by atoms with Gasteiger partial charge in [-0.25, -0.2) is 0 Å². The normalized spacial score (nSPS) is 11.8. The molecule has 0 unspecified atom stereocenters. The van der Waals surface area contributed by atoms with Crippen molar-refractivity contribution in [3.63, 3.8) is 0 Å². The lowest BCUT2D eigenvalue weighted by Gasteiger charge is -2.31. The van der Waals surface area contributed by atoms with Gasteiger partial charge in [0.05, 0.1) is 24.9 Å². The van der Waals surface area contributed by atoms with E-state index in [4.69, 9.17) is 4.74 Å². The molecule has 5 rings (SSSR count). The van der Waals surface area contributed by atoms with Crippen LogP contribution in [0, 0.1) is 0 Å². The maximum atomic E-state index is 13.4. The molecule has 4 aromatic rings. The number of amides is 2. The number of carbonyl (C=O) groups is 2. The highest BCUT2D eigenvalue weighted by Gasteiger charge is 2.26. The van der Waals surface area contributed by atoms with Crippen LogP contribution in [0.15, 0.2) is 97.1 Å². The summed E-state index contributed by atoms with van der Waals surface area (Å²) in [6.07, 6.45) is 0. The molecule has 0 bridgehead atoms. The second-order valence-corrected chi connectivity index (χ2v) is 7.80. The predicted molar refractivity (Wildman–Crippen MR) is 130 cm³/mol. The summed E-state index contributed by atoms with van der Waals surface area (Å²) in [5, 5.41) is 2.86. The largest absolute Gasteiger partial charge is 0.496 e. The van der Waals surface area contributed by atoms with Crippen LogP contribution in [0.4, 0.5) is 11.4 Å². The number of ether oxygens (including phenoxy) is 1. The number of anilines is 2. The number of rotatable bonds is 4. The molecule has 0 saturated carbocycles. The van der Waals surface area contributed by atoms with Crippen LogP contribution in [0.3, 0.4) is 0 Å². The summed E-state index contributed by atoms with van der Waals surface area (Å²) < 4.78 is 5.26. The Hall–Kier alpha value is -4.38. The molecule has 162 valence electrons. The molecule has 0 atom stereocenters. The van der Waals surface area contributed by atoms with Crippen molar-refractivity contribution in [2.24, 2.45) is 0 Å². The number of carbonyl (C=O) groups excluding carboxylic acids is 2. The molecule has 1 heterocycles. The first-order valence-corrected chi connectivity index (χ1v) is 10.7. The van der Waals surface area contributed by atoms with E-state index in [-0.39, 0.29) is 11.8 Å². The molecule has 33 heavy (non-hydrogen) atoms. The molecule has 2 amide bonds. The van der Waals surface area contributed by atoms with Crippen molar-refractivity contribution in [2.75, 3.05) is 17.3 Å². The van der Waals surface area contributed by atoms with E-state index in [1.54, 1.807) is 47.4 Å². The molecule has 0 aliphatic carbocycles. The van der Waals surface area contributed by atoms with Crippen LogP contribution < -0.4 is 15.0 Å². The third-order valence-electron chi connectivity index (χ3n) is 5.82. The van der Waals surface area contributed by atoms with Gasteiger partial charge in [0.15, 0.2) is 0 Å². The van der Waals surface area contributed by atoms with E-state index in [1.807, 2.05) is 42.5 Å². The fourth-order valence-corrected chi connectivity index (χ4v) is 4.18. The molecule has 1 N–H and O–H groups in total. The quantitative estimate of drug-likeness (QED) is 0.443. The van der Waals surface area contributed by atoms with E-state index in [0.717, 1.165) is 22.4 Å². The Balaban J connectivity index is 1.38. The van der Waals surface area contributed by atoms with E-state index >= 15 is 0 Å². The summed E-state index contributed by atoms with van der Waals surface area (Å²) in [5.74, 6) is 0.151. The summed E-state index contributed by atoms with van der Waals surface area (Å²) in [6.45, 7) is 0.512. The second kappa shape index (κ2) is 8.63. The van der Waals surface area contributed by atoms with Crippen molar-refractivity contribution in [3.05, 3.63) is 114 Å². The average Bonchev–Trinajstić information content (AvgIpc) is 2.88. The molecule has 0 radical (unpaired) electrons. The van der Waals surface area contributed by atoms with E-state index in [0.29, 0.717) is 29.1 Å². The monoisotopic (exact) mass is 434 g/mol. The molecule has 5 nitrogen and oxygen atoms in total. The van der Waals surface area contributed by atoms with Gasteiger partial charge in [-0.2, -0.15) is 0 Å². The van der Waals surface area contributed by atoms with Gasteiger partial charge in [0, 0.05) is 16.8 Å². The third kappa shape index (κ3) is 3.85. The van der Waals surface area contributed by atoms with Gasteiger partial charge in [-0.05, 0) is 53.6 Å². The van der Waals surface area contributed by atoms with Gasteiger partial charge in [-0.1, -0.05) is 54.6 Å². The Kier molecular flexibility index (Phi) is 5.37. The molecule has 0 fully saturated rings. The average molecular weight is 434 g/mol. The number of hydrogen-bond donors (Lipinski definition) is 1. The number of benzene rings is 4. The van der Waals surface area contributed by atoms with Crippen LogP contribution >= 0.6 is 0 Å². The molecule has 4 aromatic carbocycles. The molecule has 1 aliphatic rings. The van der Waals surface area contributed by atoms with Crippen molar-refractivity contribution >= 4 is 23.2 Å². The lowest BCUT2D eigenvalue weighted by molar-refractivity contribution is 0.0983. The van der Waals surface area contributed by atoms with Gasteiger partial charge < -0.3 is 15.0 Å². The lowest BCUT2D eigenvalue weighted by atomic mass is 9.93. The highest BCUT2D eigenvalue weighted by molar-refractivity contribution is 6.10. The first-order chi connectivity index (χ1) is 16.2. The summed E-state index contributed by atoms with van der Waals surface area (Å²) in [6, 6.07) is 30.1. The molecule has 1 aliphatic heterocycles. The van der Waals surface area contributed by atoms with Crippen LogP contribution in [0.1, 0.15) is 26.3 Å². The number of methoxy groups -OCH3 is 1. The number of nitrogens with one attached hydrogen (secondary N) is 1. The summed E-state index contributed by atoms with van der Waals surface area (Å²) in [5.41, 5.74) is 5.83. The minimum atomic E-state index is -0.270. The van der Waals surface area contributed by atoms with Gasteiger partial charge in [0.2, 0.25) is 0 Å². The smallest absolute Gasteiger partial charge is 0.259 e. The molecule has 0 saturated heterocycles. The Bertz CT molecular complexity index is 1350. The minimum Gasteiger partial charge on any atom is -0.496 e. The molecule has 0 aromatic heterocycles. The van der Waals surface area contributed by atoms with Crippen LogP contribution in [0.5, 0.6) is 5.75 Å². The number of hydrogen-bond acceptors (Lipinski definition) is 3. The Morgan fingerprint density at radius 3 is 2.24 bits per heavy atom. The van der Waals surface area contributed by atoms with Crippen LogP contribution in [-0.2, 0) is 6.54 Å². The number of para-hydroxylation sites is 2. The summed E-state index contributed by atoms with van der Waals surface area (Å²) in [4.78, 5) is 27.9. The zero-order chi connectivity index (χ0) is 22.8. The highest BCUT2D eigenvalue weighted by atomic mass is 16.5. The molecule has 0 spiro atoms. The van der Waals surface area contributed by atoms with Crippen LogP contribution in [-0.4, -0.2) is 18.9 Å². The van der Waals surface area contributed by atoms with Crippen molar-refractivity contribution in [1.29, 1.82) is 0 Å².